The second-order valence-corrected chi connectivity index (χ2v) is 7.43. The van der Waals surface area contributed by atoms with Gasteiger partial charge < -0.3 is 18.9 Å². The number of hydrogen-bond acceptors (Lipinski definition) is 4. The van der Waals surface area contributed by atoms with E-state index >= 15 is 0 Å². The lowest BCUT2D eigenvalue weighted by atomic mass is 10.1. The summed E-state index contributed by atoms with van der Waals surface area (Å²) < 4.78 is 12.2. The van der Waals surface area contributed by atoms with Crippen molar-refractivity contribution in [1.82, 2.24) is 4.57 Å². The summed E-state index contributed by atoms with van der Waals surface area (Å²) >= 11 is 0. The van der Waals surface area contributed by atoms with Gasteiger partial charge in [0.05, 0.1) is 20.8 Å². The Hall–Kier alpha value is -3.54. The number of rotatable bonds is 5. The number of methoxy groups -OCH3 is 2. The number of fused-ring (bicyclic) bond motifs is 1. The van der Waals surface area contributed by atoms with Gasteiger partial charge in [-0.3, -0.25) is 9.59 Å². The minimum atomic E-state index is -0.319. The van der Waals surface area contributed by atoms with Gasteiger partial charge >= 0.3 is 0 Å². The topological polar surface area (TPSA) is 60.8 Å². The van der Waals surface area contributed by atoms with Crippen LogP contribution in [0, 0.1) is 0 Å². The van der Waals surface area contributed by atoms with E-state index in [2.05, 4.69) is 0 Å². The molecule has 0 saturated carbocycles. The van der Waals surface area contributed by atoms with E-state index in [0.29, 0.717) is 18.0 Å². The van der Waals surface area contributed by atoms with Crippen molar-refractivity contribution in [1.29, 1.82) is 0 Å². The molecular formula is C24H24N2O4. The molecule has 4 rings (SSSR count). The lowest BCUT2D eigenvalue weighted by Crippen LogP contribution is -2.39. The van der Waals surface area contributed by atoms with Crippen molar-refractivity contribution in [2.75, 3.05) is 19.1 Å². The highest BCUT2D eigenvalue weighted by Crippen LogP contribution is 2.32. The van der Waals surface area contributed by atoms with E-state index in [1.807, 2.05) is 43.3 Å². The van der Waals surface area contributed by atoms with Gasteiger partial charge in [0.1, 0.15) is 17.1 Å². The molecule has 0 aliphatic carbocycles. The van der Waals surface area contributed by atoms with Crippen LogP contribution in [0.5, 0.6) is 11.5 Å². The Labute approximate surface area is 175 Å². The van der Waals surface area contributed by atoms with E-state index in [1.165, 1.54) is 4.57 Å². The average Bonchev–Trinajstić information content (AvgIpc) is 3.10. The van der Waals surface area contributed by atoms with Crippen LogP contribution in [-0.4, -0.2) is 30.7 Å². The third kappa shape index (κ3) is 3.56. The molecule has 6 heteroatoms. The predicted octanol–water partition coefficient (Wildman–Crippen LogP) is 3.51. The zero-order chi connectivity index (χ0) is 21.3. The third-order valence-corrected chi connectivity index (χ3v) is 5.44. The van der Waals surface area contributed by atoms with E-state index in [9.17, 15) is 9.59 Å². The fraction of sp³-hybridized carbons (Fsp3) is 0.250. The first-order valence-electron chi connectivity index (χ1n) is 9.84. The average molecular weight is 404 g/mol. The summed E-state index contributed by atoms with van der Waals surface area (Å²) in [5.41, 5.74) is 2.69. The van der Waals surface area contributed by atoms with Crippen molar-refractivity contribution in [3.05, 3.63) is 87.8 Å². The van der Waals surface area contributed by atoms with Crippen molar-refractivity contribution in [3.63, 3.8) is 0 Å². The predicted molar refractivity (Wildman–Crippen MR) is 116 cm³/mol. The highest BCUT2D eigenvalue weighted by Gasteiger charge is 2.32. The number of carbonyl (C=O) groups excluding carboxylic acids is 1. The molecule has 3 aromatic rings. The van der Waals surface area contributed by atoms with Gasteiger partial charge in [-0.15, -0.1) is 0 Å². The van der Waals surface area contributed by atoms with E-state index in [0.717, 1.165) is 23.2 Å². The lowest BCUT2D eigenvalue weighted by Gasteiger charge is -2.22. The molecule has 2 aromatic carbocycles. The van der Waals surface area contributed by atoms with Crippen molar-refractivity contribution in [2.45, 2.75) is 25.9 Å². The highest BCUT2D eigenvalue weighted by molar-refractivity contribution is 6.07. The number of aromatic nitrogens is 1. The summed E-state index contributed by atoms with van der Waals surface area (Å²) in [7, 11) is 3.16. The molecule has 0 radical (unpaired) electrons. The van der Waals surface area contributed by atoms with Gasteiger partial charge in [0.2, 0.25) is 0 Å². The number of anilines is 1. The van der Waals surface area contributed by atoms with Gasteiger partial charge in [0.25, 0.3) is 11.5 Å². The van der Waals surface area contributed by atoms with Gasteiger partial charge in [-0.2, -0.15) is 0 Å². The Morgan fingerprint density at radius 2 is 1.73 bits per heavy atom. The summed E-state index contributed by atoms with van der Waals surface area (Å²) in [5, 5.41) is 0. The van der Waals surface area contributed by atoms with Crippen LogP contribution in [0.2, 0.25) is 0 Å². The van der Waals surface area contributed by atoms with Crippen molar-refractivity contribution < 1.29 is 14.3 Å². The van der Waals surface area contributed by atoms with Crippen LogP contribution in [0.1, 0.15) is 28.4 Å². The van der Waals surface area contributed by atoms with Crippen LogP contribution in [0.3, 0.4) is 0 Å². The maximum absolute atomic E-state index is 13.3. The molecule has 30 heavy (non-hydrogen) atoms. The zero-order valence-electron chi connectivity index (χ0n) is 17.3. The van der Waals surface area contributed by atoms with Gasteiger partial charge in [0.15, 0.2) is 0 Å². The molecule has 0 unspecified atom stereocenters. The number of carbonyl (C=O) groups is 1. The number of amides is 1. The fourth-order valence-electron chi connectivity index (χ4n) is 3.98. The lowest BCUT2D eigenvalue weighted by molar-refractivity contribution is 0.0979. The third-order valence-electron chi connectivity index (χ3n) is 5.44. The minimum Gasteiger partial charge on any atom is -0.497 e. The number of ether oxygens (including phenoxy) is 2. The summed E-state index contributed by atoms with van der Waals surface area (Å²) in [6.07, 6.45) is 2.47. The van der Waals surface area contributed by atoms with Crippen LogP contribution in [-0.2, 0) is 13.0 Å². The van der Waals surface area contributed by atoms with E-state index in [4.69, 9.17) is 9.47 Å². The van der Waals surface area contributed by atoms with Gasteiger partial charge in [-0.25, -0.2) is 0 Å². The summed E-state index contributed by atoms with van der Waals surface area (Å²) in [5.74, 6) is 1.02. The second-order valence-electron chi connectivity index (χ2n) is 7.43. The molecular weight excluding hydrogens is 380 g/mol. The van der Waals surface area contributed by atoms with E-state index in [-0.39, 0.29) is 23.1 Å². The first-order chi connectivity index (χ1) is 14.5. The number of pyridine rings is 1. The Morgan fingerprint density at radius 3 is 2.43 bits per heavy atom. The molecule has 1 aromatic heterocycles. The molecule has 0 spiro atoms. The molecule has 2 heterocycles. The first kappa shape index (κ1) is 19.8. The Balaban J connectivity index is 1.68. The molecule has 0 fully saturated rings. The highest BCUT2D eigenvalue weighted by atomic mass is 16.5. The van der Waals surface area contributed by atoms with Gasteiger partial charge in [-0.1, -0.05) is 18.2 Å². The fourth-order valence-corrected chi connectivity index (χ4v) is 3.98. The molecule has 1 atom stereocenters. The Kier molecular flexibility index (Phi) is 5.31. The Morgan fingerprint density at radius 1 is 1.03 bits per heavy atom. The van der Waals surface area contributed by atoms with E-state index in [1.54, 1.807) is 43.5 Å². The maximum Gasteiger partial charge on any atom is 0.264 e. The molecule has 1 amide bonds. The van der Waals surface area contributed by atoms with Crippen LogP contribution in [0.25, 0.3) is 0 Å². The second kappa shape index (κ2) is 8.06. The van der Waals surface area contributed by atoms with Crippen LogP contribution in [0.4, 0.5) is 5.69 Å². The number of para-hydroxylation sites is 1. The molecule has 1 aliphatic rings. The van der Waals surface area contributed by atoms with Gasteiger partial charge in [0, 0.05) is 24.0 Å². The van der Waals surface area contributed by atoms with Crippen molar-refractivity contribution in [3.8, 4) is 11.5 Å². The number of hydrogen-bond donors (Lipinski definition) is 0. The summed E-state index contributed by atoms with van der Waals surface area (Å²) in [4.78, 5) is 28.2. The monoisotopic (exact) mass is 404 g/mol. The molecule has 0 N–H and O–H groups in total. The molecule has 154 valence electrons. The molecule has 0 saturated heterocycles. The molecule has 0 bridgehead atoms. The minimum absolute atomic E-state index is 0.00519. The summed E-state index contributed by atoms with van der Waals surface area (Å²) in [6, 6.07) is 16.7. The van der Waals surface area contributed by atoms with Crippen LogP contribution < -0.4 is 19.9 Å². The smallest absolute Gasteiger partial charge is 0.264 e. The standard InChI is InChI=1S/C24H24N2O4/c1-16-11-18-7-4-5-9-22(18)26(16)24(28)21-8-6-10-25(23(21)27)15-17-12-19(29-2)14-20(13-17)30-3/h4-10,12-14,16H,11,15H2,1-3H3/t16-/m0/s1. The maximum atomic E-state index is 13.3. The summed E-state index contributed by atoms with van der Waals surface area (Å²) in [6.45, 7) is 2.31. The van der Waals surface area contributed by atoms with Crippen molar-refractivity contribution in [2.24, 2.45) is 0 Å². The van der Waals surface area contributed by atoms with Gasteiger partial charge in [-0.05, 0) is 54.8 Å². The zero-order valence-corrected chi connectivity index (χ0v) is 17.3. The molecule has 6 nitrogen and oxygen atoms in total. The van der Waals surface area contributed by atoms with E-state index < -0.39 is 0 Å². The number of nitrogens with zero attached hydrogens (tertiary/aromatic N) is 2. The first-order valence-corrected chi connectivity index (χ1v) is 9.84. The quantitative estimate of drug-likeness (QED) is 0.653. The van der Waals surface area contributed by atoms with Crippen molar-refractivity contribution >= 4 is 11.6 Å². The largest absolute Gasteiger partial charge is 0.497 e. The Bertz CT molecular complexity index is 1130. The normalized spacial score (nSPS) is 15.0. The van der Waals surface area contributed by atoms with Crippen LogP contribution >= 0.6 is 0 Å². The van der Waals surface area contributed by atoms with Crippen LogP contribution in [0.15, 0.2) is 65.6 Å². The number of benzene rings is 2. The SMILES string of the molecule is COc1cc(Cn2cccc(C(=O)N3c4ccccc4C[C@@H]3C)c2=O)cc(OC)c1. The molecule has 1 aliphatic heterocycles.